The van der Waals surface area contributed by atoms with Gasteiger partial charge < -0.3 is 14.9 Å². The maximum absolute atomic E-state index is 11.6. The highest BCUT2D eigenvalue weighted by Gasteiger charge is 2.25. The molecule has 16 heavy (non-hydrogen) atoms. The molecule has 0 aromatic carbocycles. The number of aliphatic carboxylic acids is 1. The number of nitrogens with zero attached hydrogens (tertiary/aromatic N) is 1. The van der Waals surface area contributed by atoms with Crippen LogP contribution in [0.25, 0.3) is 0 Å². The summed E-state index contributed by atoms with van der Waals surface area (Å²) in [4.78, 5) is 22.5. The molecule has 0 bridgehead atoms. The van der Waals surface area contributed by atoms with Crippen LogP contribution in [0.1, 0.15) is 29.9 Å². The van der Waals surface area contributed by atoms with Crippen molar-refractivity contribution in [2.24, 2.45) is 5.92 Å². The molecule has 0 spiro atoms. The summed E-state index contributed by atoms with van der Waals surface area (Å²) in [6.07, 6.45) is 1.33. The number of hydrogen-bond acceptors (Lipinski definition) is 4. The van der Waals surface area contributed by atoms with E-state index in [4.69, 9.17) is 5.11 Å². The number of hydrogen-bond donors (Lipinski definition) is 2. The van der Waals surface area contributed by atoms with Crippen molar-refractivity contribution in [1.29, 1.82) is 0 Å². The summed E-state index contributed by atoms with van der Waals surface area (Å²) in [5, 5.41) is 14.8. The molecular formula is C10H14N2O4. The Kier molecular flexibility index (Phi) is 3.65. The second kappa shape index (κ2) is 4.78. The zero-order valence-electron chi connectivity index (χ0n) is 9.35. The summed E-state index contributed by atoms with van der Waals surface area (Å²) < 4.78 is 4.61. The van der Waals surface area contributed by atoms with E-state index in [9.17, 15) is 9.59 Å². The van der Waals surface area contributed by atoms with Crippen LogP contribution in [0.3, 0.4) is 0 Å². The molecule has 1 heterocycles. The van der Waals surface area contributed by atoms with Gasteiger partial charge in [0.1, 0.15) is 12.3 Å². The summed E-state index contributed by atoms with van der Waals surface area (Å²) in [5.41, 5.74) is 0.692. The van der Waals surface area contributed by atoms with Crippen molar-refractivity contribution in [3.63, 3.8) is 0 Å². The lowest BCUT2D eigenvalue weighted by atomic mass is 10.0. The van der Waals surface area contributed by atoms with Gasteiger partial charge in [0.2, 0.25) is 0 Å². The molecular weight excluding hydrogens is 212 g/mol. The monoisotopic (exact) mass is 226 g/mol. The molecule has 1 amide bonds. The summed E-state index contributed by atoms with van der Waals surface area (Å²) in [6.45, 7) is 5.10. The highest BCUT2D eigenvalue weighted by Crippen LogP contribution is 2.07. The molecule has 0 unspecified atom stereocenters. The fraction of sp³-hybridized carbons (Fsp3) is 0.500. The van der Waals surface area contributed by atoms with Crippen LogP contribution in [-0.2, 0) is 4.79 Å². The number of carboxylic acid groups (broad SMARTS) is 1. The van der Waals surface area contributed by atoms with E-state index in [1.807, 2.05) is 0 Å². The number of carboxylic acids is 1. The molecule has 1 aromatic heterocycles. The largest absolute Gasteiger partial charge is 0.480 e. The maximum atomic E-state index is 11.6. The Bertz CT molecular complexity index is 397. The van der Waals surface area contributed by atoms with E-state index < -0.39 is 17.9 Å². The lowest BCUT2D eigenvalue weighted by Crippen LogP contribution is -2.44. The van der Waals surface area contributed by atoms with Crippen molar-refractivity contribution in [2.75, 3.05) is 0 Å². The zero-order chi connectivity index (χ0) is 12.3. The van der Waals surface area contributed by atoms with Crippen LogP contribution < -0.4 is 5.32 Å². The third kappa shape index (κ3) is 2.59. The molecule has 0 aliphatic heterocycles. The van der Waals surface area contributed by atoms with Crippen molar-refractivity contribution >= 4 is 11.9 Å². The van der Waals surface area contributed by atoms with Gasteiger partial charge in [0, 0.05) is 5.56 Å². The van der Waals surface area contributed by atoms with Crippen LogP contribution in [0.4, 0.5) is 0 Å². The van der Waals surface area contributed by atoms with Crippen LogP contribution in [0, 0.1) is 12.8 Å². The normalized spacial score (nSPS) is 12.5. The van der Waals surface area contributed by atoms with Gasteiger partial charge in [0.25, 0.3) is 5.91 Å². The third-order valence-electron chi connectivity index (χ3n) is 2.18. The molecule has 0 radical (unpaired) electrons. The van der Waals surface area contributed by atoms with Crippen molar-refractivity contribution in [3.8, 4) is 0 Å². The van der Waals surface area contributed by atoms with E-state index in [0.717, 1.165) is 0 Å². The van der Waals surface area contributed by atoms with Gasteiger partial charge in [0.15, 0.2) is 5.69 Å². The Labute approximate surface area is 92.6 Å². The number of carbonyl (C=O) groups excluding carboxylic acids is 1. The third-order valence-corrected chi connectivity index (χ3v) is 2.18. The van der Waals surface area contributed by atoms with Gasteiger partial charge in [-0.3, -0.25) is 4.79 Å². The van der Waals surface area contributed by atoms with E-state index in [1.54, 1.807) is 20.8 Å². The highest BCUT2D eigenvalue weighted by molar-refractivity contribution is 5.95. The first-order valence-electron chi connectivity index (χ1n) is 4.88. The quantitative estimate of drug-likeness (QED) is 0.792. The Morgan fingerprint density at radius 2 is 2.12 bits per heavy atom. The van der Waals surface area contributed by atoms with E-state index >= 15 is 0 Å². The predicted molar refractivity (Wildman–Crippen MR) is 55.0 cm³/mol. The Morgan fingerprint density at radius 3 is 2.50 bits per heavy atom. The van der Waals surface area contributed by atoms with E-state index in [2.05, 4.69) is 15.0 Å². The number of amides is 1. The van der Waals surface area contributed by atoms with Crippen LogP contribution in [-0.4, -0.2) is 28.2 Å². The first kappa shape index (κ1) is 12.2. The average molecular weight is 226 g/mol. The van der Waals surface area contributed by atoms with Gasteiger partial charge in [-0.05, 0) is 12.8 Å². The average Bonchev–Trinajstić information content (AvgIpc) is 2.59. The van der Waals surface area contributed by atoms with Crippen LogP contribution in [0.5, 0.6) is 0 Å². The minimum atomic E-state index is -1.07. The molecule has 0 fully saturated rings. The minimum Gasteiger partial charge on any atom is -0.480 e. The predicted octanol–water partition coefficient (Wildman–Crippen LogP) is 0.822. The smallest absolute Gasteiger partial charge is 0.326 e. The Balaban J connectivity index is 2.77. The molecule has 1 rings (SSSR count). The fourth-order valence-corrected chi connectivity index (χ4v) is 1.23. The van der Waals surface area contributed by atoms with Crippen LogP contribution >= 0.6 is 0 Å². The number of carbonyl (C=O) groups is 2. The topological polar surface area (TPSA) is 92.4 Å². The highest BCUT2D eigenvalue weighted by atomic mass is 16.5. The van der Waals surface area contributed by atoms with Gasteiger partial charge in [-0.1, -0.05) is 19.0 Å². The molecule has 6 nitrogen and oxygen atoms in total. The number of nitrogens with one attached hydrogen (secondary N) is 1. The maximum Gasteiger partial charge on any atom is 0.326 e. The lowest BCUT2D eigenvalue weighted by Gasteiger charge is -2.16. The van der Waals surface area contributed by atoms with E-state index in [0.29, 0.717) is 5.56 Å². The van der Waals surface area contributed by atoms with Crippen molar-refractivity contribution in [1.82, 2.24) is 10.5 Å². The molecule has 1 aromatic rings. The van der Waals surface area contributed by atoms with E-state index in [1.165, 1.54) is 6.26 Å². The molecule has 1 atom stereocenters. The molecule has 6 heteroatoms. The van der Waals surface area contributed by atoms with Gasteiger partial charge in [-0.15, -0.1) is 0 Å². The molecule has 2 N–H and O–H groups in total. The van der Waals surface area contributed by atoms with Crippen LogP contribution in [0.2, 0.25) is 0 Å². The van der Waals surface area contributed by atoms with Crippen molar-refractivity contribution in [2.45, 2.75) is 26.8 Å². The van der Waals surface area contributed by atoms with Crippen molar-refractivity contribution in [3.05, 3.63) is 17.5 Å². The fourth-order valence-electron chi connectivity index (χ4n) is 1.23. The van der Waals surface area contributed by atoms with Gasteiger partial charge in [-0.2, -0.15) is 0 Å². The summed E-state index contributed by atoms with van der Waals surface area (Å²) >= 11 is 0. The Morgan fingerprint density at radius 1 is 1.50 bits per heavy atom. The number of rotatable bonds is 4. The van der Waals surface area contributed by atoms with Gasteiger partial charge >= 0.3 is 5.97 Å². The molecule has 0 aliphatic rings. The van der Waals surface area contributed by atoms with Crippen molar-refractivity contribution < 1.29 is 19.2 Å². The second-order valence-electron chi connectivity index (χ2n) is 3.88. The first-order chi connectivity index (χ1) is 7.43. The summed E-state index contributed by atoms with van der Waals surface area (Å²) in [6, 6.07) is -0.927. The number of aromatic nitrogens is 1. The van der Waals surface area contributed by atoms with E-state index in [-0.39, 0.29) is 11.6 Å². The number of aryl methyl sites for hydroxylation is 1. The molecule has 0 aliphatic carbocycles. The van der Waals surface area contributed by atoms with Gasteiger partial charge in [0.05, 0.1) is 0 Å². The lowest BCUT2D eigenvalue weighted by molar-refractivity contribution is -0.140. The standard InChI is InChI=1S/C10H14N2O4/c1-5(2)7(10(14)15)11-9(13)8-6(3)4-16-12-8/h4-5,7H,1-3H3,(H,11,13)(H,14,15)/t7-/m0/s1. The summed E-state index contributed by atoms with van der Waals surface area (Å²) in [7, 11) is 0. The first-order valence-corrected chi connectivity index (χ1v) is 4.88. The SMILES string of the molecule is Cc1conc1C(=O)N[C@H](C(=O)O)C(C)C. The Hall–Kier alpha value is -1.85. The zero-order valence-corrected chi connectivity index (χ0v) is 9.35. The van der Waals surface area contributed by atoms with Gasteiger partial charge in [-0.25, -0.2) is 4.79 Å². The molecule has 0 saturated carbocycles. The molecule has 88 valence electrons. The van der Waals surface area contributed by atoms with Crippen LogP contribution in [0.15, 0.2) is 10.8 Å². The molecule has 0 saturated heterocycles. The summed E-state index contributed by atoms with van der Waals surface area (Å²) in [5.74, 6) is -1.80. The minimum absolute atomic E-state index is 0.117. The second-order valence-corrected chi connectivity index (χ2v) is 3.88.